The highest BCUT2D eigenvalue weighted by atomic mass is 19.4. The zero-order valence-electron chi connectivity index (χ0n) is 12.5. The lowest BCUT2D eigenvalue weighted by Crippen LogP contribution is -2.48. The normalized spacial score (nSPS) is 12.9. The summed E-state index contributed by atoms with van der Waals surface area (Å²) in [6, 6.07) is -1.11. The van der Waals surface area contributed by atoms with Gasteiger partial charge in [-0.1, -0.05) is 6.92 Å². The minimum absolute atomic E-state index is 0.0723. The number of H-pyrrole nitrogens is 1. The highest BCUT2D eigenvalue weighted by molar-refractivity contribution is 5.74. The molecule has 23 heavy (non-hydrogen) atoms. The average Bonchev–Trinajstić information content (AvgIpc) is 3.09. The highest BCUT2D eigenvalue weighted by Crippen LogP contribution is 2.22. The van der Waals surface area contributed by atoms with E-state index in [0.717, 1.165) is 0 Å². The number of nitrogens with zero attached hydrogens (tertiary/aromatic N) is 4. The van der Waals surface area contributed by atoms with Gasteiger partial charge in [0.2, 0.25) is 0 Å². The van der Waals surface area contributed by atoms with E-state index < -0.39 is 18.2 Å². The number of hydrogen-bond donors (Lipinski definition) is 3. The van der Waals surface area contributed by atoms with Gasteiger partial charge >= 0.3 is 12.2 Å². The van der Waals surface area contributed by atoms with Gasteiger partial charge < -0.3 is 10.6 Å². The standard InChI is InChI=1S/C12H16F3N7O/c1-3-9(12(13,14)15)18-11(23)16-6-7-10(20-21-19-7)8-4-5-17-22(8)2/h4-5,9H,3,6H2,1-2H3,(H2,16,18,23)(H,19,20,21). The summed E-state index contributed by atoms with van der Waals surface area (Å²) < 4.78 is 39.4. The minimum Gasteiger partial charge on any atom is -0.332 e. The van der Waals surface area contributed by atoms with E-state index in [-0.39, 0.29) is 13.0 Å². The number of aryl methyl sites for hydroxylation is 1. The Labute approximate surface area is 129 Å². The van der Waals surface area contributed by atoms with Crippen molar-refractivity contribution in [1.29, 1.82) is 0 Å². The number of urea groups is 1. The largest absolute Gasteiger partial charge is 0.408 e. The maximum atomic E-state index is 12.6. The third-order valence-corrected chi connectivity index (χ3v) is 3.21. The van der Waals surface area contributed by atoms with E-state index >= 15 is 0 Å². The number of amides is 2. The van der Waals surface area contributed by atoms with Gasteiger partial charge in [0.1, 0.15) is 17.4 Å². The smallest absolute Gasteiger partial charge is 0.332 e. The molecule has 2 aromatic rings. The monoisotopic (exact) mass is 331 g/mol. The third-order valence-electron chi connectivity index (χ3n) is 3.21. The summed E-state index contributed by atoms with van der Waals surface area (Å²) in [5.74, 6) is 0. The van der Waals surface area contributed by atoms with Crippen molar-refractivity contribution in [2.75, 3.05) is 0 Å². The van der Waals surface area contributed by atoms with Crippen molar-refractivity contribution in [3.63, 3.8) is 0 Å². The fourth-order valence-corrected chi connectivity index (χ4v) is 1.98. The molecule has 11 heteroatoms. The summed E-state index contributed by atoms with van der Waals surface area (Å²) in [6.45, 7) is 1.27. The molecule has 0 aliphatic heterocycles. The lowest BCUT2D eigenvalue weighted by molar-refractivity contribution is -0.153. The van der Waals surface area contributed by atoms with Crippen LogP contribution in [0.5, 0.6) is 0 Å². The highest BCUT2D eigenvalue weighted by Gasteiger charge is 2.39. The summed E-state index contributed by atoms with van der Waals surface area (Å²) in [4.78, 5) is 11.6. The molecule has 2 heterocycles. The number of halogens is 3. The lowest BCUT2D eigenvalue weighted by Gasteiger charge is -2.20. The Kier molecular flexibility index (Phi) is 4.86. The van der Waals surface area contributed by atoms with Crippen LogP contribution in [0.25, 0.3) is 11.4 Å². The molecular weight excluding hydrogens is 315 g/mol. The molecule has 0 fully saturated rings. The van der Waals surface area contributed by atoms with Crippen LogP contribution in [0, 0.1) is 0 Å². The fourth-order valence-electron chi connectivity index (χ4n) is 1.98. The van der Waals surface area contributed by atoms with Crippen molar-refractivity contribution < 1.29 is 18.0 Å². The van der Waals surface area contributed by atoms with Crippen LogP contribution in [0.2, 0.25) is 0 Å². The molecule has 3 N–H and O–H groups in total. The van der Waals surface area contributed by atoms with Gasteiger partial charge in [-0.05, 0) is 12.5 Å². The molecule has 2 aromatic heterocycles. The van der Waals surface area contributed by atoms with Gasteiger partial charge in [-0.3, -0.25) is 4.68 Å². The molecule has 0 radical (unpaired) electrons. The maximum Gasteiger partial charge on any atom is 0.408 e. The molecule has 0 aliphatic carbocycles. The van der Waals surface area contributed by atoms with Crippen molar-refractivity contribution in [2.24, 2.45) is 7.05 Å². The number of carbonyl (C=O) groups is 1. The van der Waals surface area contributed by atoms with Crippen molar-refractivity contribution >= 4 is 6.03 Å². The van der Waals surface area contributed by atoms with Crippen molar-refractivity contribution in [3.05, 3.63) is 18.0 Å². The zero-order valence-corrected chi connectivity index (χ0v) is 12.5. The topological polar surface area (TPSA) is 101 Å². The first-order chi connectivity index (χ1) is 10.8. The molecule has 0 saturated carbocycles. The Morgan fingerprint density at radius 3 is 2.74 bits per heavy atom. The molecule has 0 aliphatic rings. The summed E-state index contributed by atoms with van der Waals surface area (Å²) in [7, 11) is 1.71. The van der Waals surface area contributed by atoms with Crippen LogP contribution in [0.3, 0.4) is 0 Å². The van der Waals surface area contributed by atoms with Crippen LogP contribution in [0.4, 0.5) is 18.0 Å². The van der Waals surface area contributed by atoms with Gasteiger partial charge in [0.15, 0.2) is 0 Å². The van der Waals surface area contributed by atoms with E-state index in [4.69, 9.17) is 0 Å². The van der Waals surface area contributed by atoms with Crippen LogP contribution in [-0.4, -0.2) is 43.4 Å². The molecule has 2 rings (SSSR count). The van der Waals surface area contributed by atoms with Gasteiger partial charge in [-0.15, -0.1) is 0 Å². The van der Waals surface area contributed by atoms with Gasteiger partial charge in [0.05, 0.1) is 12.2 Å². The lowest BCUT2D eigenvalue weighted by atomic mass is 10.2. The third kappa shape index (κ3) is 3.99. The van der Waals surface area contributed by atoms with E-state index in [9.17, 15) is 18.0 Å². The maximum absolute atomic E-state index is 12.6. The van der Waals surface area contributed by atoms with Crippen LogP contribution in [0.1, 0.15) is 19.0 Å². The van der Waals surface area contributed by atoms with E-state index in [2.05, 4.69) is 25.8 Å². The second-order valence-corrected chi connectivity index (χ2v) is 4.79. The molecule has 1 unspecified atom stereocenters. The van der Waals surface area contributed by atoms with E-state index in [0.29, 0.717) is 17.1 Å². The molecule has 1 atom stereocenters. The fraction of sp³-hybridized carbons (Fsp3) is 0.500. The average molecular weight is 331 g/mol. The number of rotatable bonds is 5. The summed E-state index contributed by atoms with van der Waals surface area (Å²) in [6.07, 6.45) is -3.16. The molecular formula is C12H16F3N7O. The number of carbonyl (C=O) groups excluding carboxylic acids is 1. The quantitative estimate of drug-likeness (QED) is 0.770. The van der Waals surface area contributed by atoms with Gasteiger partial charge in [0, 0.05) is 13.2 Å². The van der Waals surface area contributed by atoms with E-state index in [1.54, 1.807) is 24.0 Å². The first kappa shape index (κ1) is 16.8. The first-order valence-corrected chi connectivity index (χ1v) is 6.82. The molecule has 0 aromatic carbocycles. The SMILES string of the molecule is CCC(NC(=O)NCc1n[nH]nc1-c1ccnn1C)C(F)(F)F. The van der Waals surface area contributed by atoms with Gasteiger partial charge in [0.25, 0.3) is 0 Å². The van der Waals surface area contributed by atoms with Crippen molar-refractivity contribution in [1.82, 2.24) is 35.8 Å². The second kappa shape index (κ2) is 6.67. The van der Waals surface area contributed by atoms with Crippen molar-refractivity contribution in [2.45, 2.75) is 32.1 Å². The number of aromatic amines is 1. The molecule has 0 saturated heterocycles. The predicted octanol–water partition coefficient (Wildman–Crippen LogP) is 1.35. The van der Waals surface area contributed by atoms with Gasteiger partial charge in [-0.2, -0.15) is 33.7 Å². The number of aromatic nitrogens is 5. The van der Waals surface area contributed by atoms with Crippen molar-refractivity contribution in [3.8, 4) is 11.4 Å². The Hall–Kier alpha value is -2.59. The Morgan fingerprint density at radius 1 is 1.43 bits per heavy atom. The van der Waals surface area contributed by atoms with E-state index in [1.807, 2.05) is 5.32 Å². The zero-order chi connectivity index (χ0) is 17.0. The Bertz CT molecular complexity index is 664. The summed E-state index contributed by atoms with van der Waals surface area (Å²) in [5.41, 5.74) is 1.52. The molecule has 0 spiro atoms. The molecule has 8 nitrogen and oxygen atoms in total. The van der Waals surface area contributed by atoms with Gasteiger partial charge in [-0.25, -0.2) is 4.79 Å². The number of nitrogens with one attached hydrogen (secondary N) is 3. The van der Waals surface area contributed by atoms with Crippen LogP contribution in [0.15, 0.2) is 12.3 Å². The second-order valence-electron chi connectivity index (χ2n) is 4.79. The number of alkyl halides is 3. The summed E-state index contributed by atoms with van der Waals surface area (Å²) >= 11 is 0. The van der Waals surface area contributed by atoms with Crippen LogP contribution < -0.4 is 10.6 Å². The Balaban J connectivity index is 1.98. The Morgan fingerprint density at radius 2 is 2.17 bits per heavy atom. The molecule has 0 bridgehead atoms. The van der Waals surface area contributed by atoms with Crippen LogP contribution >= 0.6 is 0 Å². The summed E-state index contributed by atoms with van der Waals surface area (Å²) in [5, 5.41) is 18.5. The first-order valence-electron chi connectivity index (χ1n) is 6.82. The minimum atomic E-state index is -4.49. The molecule has 126 valence electrons. The number of hydrogen-bond acceptors (Lipinski definition) is 4. The predicted molar refractivity (Wildman–Crippen MR) is 74.1 cm³/mol. The van der Waals surface area contributed by atoms with Crippen LogP contribution in [-0.2, 0) is 13.6 Å². The van der Waals surface area contributed by atoms with E-state index in [1.165, 1.54) is 6.92 Å². The molecule has 2 amide bonds.